The number of halogens is 5. The predicted octanol–water partition coefficient (Wildman–Crippen LogP) is 3.79. The standard InChI is InChI=1S/C13H14F5N/c1-11(2)9(10(11)19)7-4-3-5-8(6-7)12(14,15)13(16,17)18/h3-6,9-10H,19H2,1-2H3. The summed E-state index contributed by atoms with van der Waals surface area (Å²) in [6.45, 7) is 3.72. The molecular formula is C13H14F5N. The molecule has 0 saturated heterocycles. The van der Waals surface area contributed by atoms with Crippen LogP contribution in [0.1, 0.15) is 30.9 Å². The molecule has 0 amide bonds. The Morgan fingerprint density at radius 1 is 1.11 bits per heavy atom. The van der Waals surface area contributed by atoms with Crippen LogP contribution in [0.2, 0.25) is 0 Å². The third-order valence-electron chi connectivity index (χ3n) is 3.88. The van der Waals surface area contributed by atoms with Gasteiger partial charge in [-0.1, -0.05) is 32.0 Å². The summed E-state index contributed by atoms with van der Waals surface area (Å²) < 4.78 is 63.5. The highest BCUT2D eigenvalue weighted by Gasteiger charge is 2.60. The number of hydrogen-bond donors (Lipinski definition) is 1. The van der Waals surface area contributed by atoms with E-state index in [1.54, 1.807) is 0 Å². The van der Waals surface area contributed by atoms with Crippen molar-refractivity contribution in [2.45, 2.75) is 37.9 Å². The summed E-state index contributed by atoms with van der Waals surface area (Å²) in [6, 6.07) is 4.23. The van der Waals surface area contributed by atoms with Crippen LogP contribution in [0.5, 0.6) is 0 Å². The van der Waals surface area contributed by atoms with E-state index < -0.39 is 17.7 Å². The molecule has 2 unspecified atom stereocenters. The molecule has 1 aromatic rings. The zero-order valence-corrected chi connectivity index (χ0v) is 10.4. The number of rotatable bonds is 2. The van der Waals surface area contributed by atoms with Crippen molar-refractivity contribution in [1.29, 1.82) is 0 Å². The van der Waals surface area contributed by atoms with Crippen molar-refractivity contribution < 1.29 is 22.0 Å². The summed E-state index contributed by atoms with van der Waals surface area (Å²) in [5, 5.41) is 0. The van der Waals surface area contributed by atoms with Gasteiger partial charge in [-0.05, 0) is 17.0 Å². The Balaban J connectivity index is 2.37. The van der Waals surface area contributed by atoms with E-state index in [0.29, 0.717) is 5.56 Å². The van der Waals surface area contributed by atoms with Gasteiger partial charge in [0.05, 0.1) is 0 Å². The smallest absolute Gasteiger partial charge is 0.327 e. The monoisotopic (exact) mass is 279 g/mol. The molecule has 0 bridgehead atoms. The van der Waals surface area contributed by atoms with Crippen molar-refractivity contribution in [2.75, 3.05) is 0 Å². The largest absolute Gasteiger partial charge is 0.458 e. The van der Waals surface area contributed by atoms with Crippen LogP contribution in [0, 0.1) is 5.41 Å². The fourth-order valence-corrected chi connectivity index (χ4v) is 2.41. The van der Waals surface area contributed by atoms with Crippen molar-refractivity contribution in [3.63, 3.8) is 0 Å². The third-order valence-corrected chi connectivity index (χ3v) is 3.88. The van der Waals surface area contributed by atoms with Gasteiger partial charge in [-0.3, -0.25) is 0 Å². The lowest BCUT2D eigenvalue weighted by Crippen LogP contribution is -2.33. The molecule has 106 valence electrons. The van der Waals surface area contributed by atoms with Gasteiger partial charge >= 0.3 is 12.1 Å². The number of benzene rings is 1. The molecule has 1 aromatic carbocycles. The topological polar surface area (TPSA) is 26.0 Å². The SMILES string of the molecule is CC1(C)C(N)C1c1cccc(C(F)(F)C(F)(F)F)c1. The maximum absolute atomic E-state index is 13.3. The molecule has 0 heterocycles. The molecule has 2 rings (SSSR count). The van der Waals surface area contributed by atoms with E-state index in [4.69, 9.17) is 5.73 Å². The summed E-state index contributed by atoms with van der Waals surface area (Å²) >= 11 is 0. The summed E-state index contributed by atoms with van der Waals surface area (Å²) in [5.41, 5.74) is 4.93. The van der Waals surface area contributed by atoms with E-state index in [2.05, 4.69) is 0 Å². The van der Waals surface area contributed by atoms with Crippen molar-refractivity contribution in [1.82, 2.24) is 0 Å². The quantitative estimate of drug-likeness (QED) is 0.819. The second-order valence-corrected chi connectivity index (χ2v) is 5.52. The Hall–Kier alpha value is -1.17. The average Bonchev–Trinajstić information content (AvgIpc) is 2.76. The Morgan fingerprint density at radius 2 is 1.63 bits per heavy atom. The number of nitrogens with two attached hydrogens (primary N) is 1. The molecule has 1 saturated carbocycles. The molecule has 6 heteroatoms. The van der Waals surface area contributed by atoms with Crippen LogP contribution < -0.4 is 5.73 Å². The van der Waals surface area contributed by atoms with Gasteiger partial charge in [-0.15, -0.1) is 0 Å². The molecule has 1 fully saturated rings. The first-order valence-electron chi connectivity index (χ1n) is 5.80. The van der Waals surface area contributed by atoms with Crippen LogP contribution in [0.3, 0.4) is 0 Å². The summed E-state index contributed by atoms with van der Waals surface area (Å²) in [4.78, 5) is 0. The van der Waals surface area contributed by atoms with E-state index in [1.165, 1.54) is 12.1 Å². The molecule has 1 nitrogen and oxygen atoms in total. The summed E-state index contributed by atoms with van der Waals surface area (Å²) in [7, 11) is 0. The van der Waals surface area contributed by atoms with E-state index in [9.17, 15) is 22.0 Å². The van der Waals surface area contributed by atoms with Crippen molar-refractivity contribution in [3.8, 4) is 0 Å². The van der Waals surface area contributed by atoms with Crippen molar-refractivity contribution >= 4 is 0 Å². The normalized spacial score (nSPS) is 26.3. The van der Waals surface area contributed by atoms with Crippen LogP contribution >= 0.6 is 0 Å². The van der Waals surface area contributed by atoms with E-state index >= 15 is 0 Å². The highest BCUT2D eigenvalue weighted by atomic mass is 19.4. The molecule has 2 N–H and O–H groups in total. The second kappa shape index (κ2) is 3.91. The van der Waals surface area contributed by atoms with Gasteiger partial charge in [0.25, 0.3) is 0 Å². The Labute approximate surface area is 107 Å². The third kappa shape index (κ3) is 2.12. The highest BCUT2D eigenvalue weighted by Crippen LogP contribution is 2.57. The molecule has 1 aliphatic carbocycles. The number of hydrogen-bond acceptors (Lipinski definition) is 1. The predicted molar refractivity (Wildman–Crippen MR) is 60.9 cm³/mol. The van der Waals surface area contributed by atoms with Crippen LogP contribution in [-0.4, -0.2) is 12.2 Å². The lowest BCUT2D eigenvalue weighted by Gasteiger charge is -2.20. The Morgan fingerprint density at radius 3 is 2.05 bits per heavy atom. The summed E-state index contributed by atoms with van der Waals surface area (Å²) in [6.07, 6.45) is -5.59. The van der Waals surface area contributed by atoms with Gasteiger partial charge in [0.15, 0.2) is 0 Å². The highest BCUT2D eigenvalue weighted by molar-refractivity contribution is 5.38. The molecule has 19 heavy (non-hydrogen) atoms. The minimum Gasteiger partial charge on any atom is -0.327 e. The number of alkyl halides is 5. The second-order valence-electron chi connectivity index (χ2n) is 5.52. The maximum Gasteiger partial charge on any atom is 0.458 e. The van der Waals surface area contributed by atoms with Gasteiger partial charge in [-0.2, -0.15) is 22.0 Å². The zero-order valence-electron chi connectivity index (χ0n) is 10.4. The van der Waals surface area contributed by atoms with Gasteiger partial charge < -0.3 is 5.73 Å². The fraction of sp³-hybridized carbons (Fsp3) is 0.538. The zero-order chi connectivity index (χ0) is 14.6. The van der Waals surface area contributed by atoms with Gasteiger partial charge in [0, 0.05) is 17.5 Å². The Bertz CT molecular complexity index is 492. The summed E-state index contributed by atoms with van der Waals surface area (Å²) in [5.74, 6) is -5.02. The molecule has 0 aromatic heterocycles. The van der Waals surface area contributed by atoms with Gasteiger partial charge in [0.1, 0.15) is 0 Å². The first-order valence-corrected chi connectivity index (χ1v) is 5.80. The Kier molecular flexibility index (Phi) is 2.93. The van der Waals surface area contributed by atoms with E-state index in [0.717, 1.165) is 12.1 Å². The lowest BCUT2D eigenvalue weighted by atomic mass is 9.98. The van der Waals surface area contributed by atoms with Gasteiger partial charge in [-0.25, -0.2) is 0 Å². The molecule has 0 aliphatic heterocycles. The molecule has 0 radical (unpaired) electrons. The van der Waals surface area contributed by atoms with Crippen molar-refractivity contribution in [2.24, 2.45) is 11.1 Å². The first-order chi connectivity index (χ1) is 8.49. The maximum atomic E-state index is 13.3. The minimum atomic E-state index is -5.59. The van der Waals surface area contributed by atoms with Crippen LogP contribution in [0.15, 0.2) is 24.3 Å². The fourth-order valence-electron chi connectivity index (χ4n) is 2.41. The van der Waals surface area contributed by atoms with Crippen LogP contribution in [0.25, 0.3) is 0 Å². The molecule has 2 atom stereocenters. The van der Waals surface area contributed by atoms with Crippen molar-refractivity contribution in [3.05, 3.63) is 35.4 Å². The average molecular weight is 279 g/mol. The van der Waals surface area contributed by atoms with Gasteiger partial charge in [0.2, 0.25) is 0 Å². The van der Waals surface area contributed by atoms with Crippen LogP contribution in [0.4, 0.5) is 22.0 Å². The molecular weight excluding hydrogens is 265 g/mol. The molecule has 1 aliphatic rings. The first kappa shape index (κ1) is 14.2. The molecule has 0 spiro atoms. The van der Waals surface area contributed by atoms with E-state index in [-0.39, 0.29) is 17.4 Å². The van der Waals surface area contributed by atoms with Crippen LogP contribution in [-0.2, 0) is 5.92 Å². The van der Waals surface area contributed by atoms with E-state index in [1.807, 2.05) is 13.8 Å². The minimum absolute atomic E-state index is 0.184. The lowest BCUT2D eigenvalue weighted by molar-refractivity contribution is -0.289.